The molecule has 0 radical (unpaired) electrons. The lowest BCUT2D eigenvalue weighted by Gasteiger charge is -2.43. The first kappa shape index (κ1) is 14.4. The van der Waals surface area contributed by atoms with Crippen LogP contribution in [0.2, 0.25) is 0 Å². The molecule has 2 aliphatic heterocycles. The second kappa shape index (κ2) is 5.57. The lowest BCUT2D eigenvalue weighted by atomic mass is 10.1. The Morgan fingerprint density at radius 1 is 1.12 bits per heavy atom. The van der Waals surface area contributed by atoms with Crippen LogP contribution < -0.4 is 4.90 Å². The van der Waals surface area contributed by atoms with Crippen LogP contribution in [0.15, 0.2) is 30.6 Å². The maximum absolute atomic E-state index is 4.84. The molecule has 0 bridgehead atoms. The molecule has 3 aromatic rings. The van der Waals surface area contributed by atoms with Crippen LogP contribution in [0, 0.1) is 0 Å². The lowest BCUT2D eigenvalue weighted by Crippen LogP contribution is -2.58. The number of hydrogen-bond acceptors (Lipinski definition) is 5. The summed E-state index contributed by atoms with van der Waals surface area (Å²) in [6.45, 7) is 4.84. The van der Waals surface area contributed by atoms with Gasteiger partial charge in [-0.05, 0) is 43.6 Å². The summed E-state index contributed by atoms with van der Waals surface area (Å²) in [5.74, 6) is 0. The van der Waals surface area contributed by atoms with E-state index in [0.29, 0.717) is 0 Å². The minimum Gasteiger partial charge on any atom is -0.345 e. The second-order valence-corrected chi connectivity index (χ2v) is 7.89. The molecule has 124 valence electrons. The number of benzene rings is 1. The molecule has 0 N–H and O–H groups in total. The molecule has 24 heavy (non-hydrogen) atoms. The van der Waals surface area contributed by atoms with Gasteiger partial charge < -0.3 is 4.90 Å². The Kier molecular flexibility index (Phi) is 3.35. The maximum Gasteiger partial charge on any atom is 0.186 e. The number of thiazole rings is 1. The van der Waals surface area contributed by atoms with Gasteiger partial charge in [-0.3, -0.25) is 9.58 Å². The molecule has 0 amide bonds. The van der Waals surface area contributed by atoms with Crippen molar-refractivity contribution >= 4 is 26.7 Å². The van der Waals surface area contributed by atoms with E-state index in [9.17, 15) is 0 Å². The number of anilines is 1. The smallest absolute Gasteiger partial charge is 0.186 e. The van der Waals surface area contributed by atoms with Crippen molar-refractivity contribution in [3.8, 4) is 11.1 Å². The molecule has 5 rings (SSSR count). The molecule has 6 heteroatoms. The summed E-state index contributed by atoms with van der Waals surface area (Å²) >= 11 is 1.81. The van der Waals surface area contributed by atoms with Gasteiger partial charge in [0.15, 0.2) is 5.13 Å². The summed E-state index contributed by atoms with van der Waals surface area (Å²) in [6, 6.07) is 7.26. The zero-order valence-electron chi connectivity index (χ0n) is 13.9. The Bertz CT molecular complexity index is 871. The monoisotopic (exact) mass is 339 g/mol. The van der Waals surface area contributed by atoms with E-state index in [1.807, 2.05) is 29.3 Å². The standard InChI is InChI=1S/C18H21N5S/c1-21-10-14(9-19-21)13-4-5-16-17(8-13)24-18(20-16)23-11-15(12-23)22-6-2-3-7-22/h4-5,8-10,15H,2-3,6-7,11-12H2,1H3. The fourth-order valence-corrected chi connectivity index (χ4v) is 4.77. The van der Waals surface area contributed by atoms with Crippen molar-refractivity contribution in [2.24, 2.45) is 7.05 Å². The Morgan fingerprint density at radius 2 is 1.96 bits per heavy atom. The van der Waals surface area contributed by atoms with Gasteiger partial charge in [-0.2, -0.15) is 5.10 Å². The third-order valence-corrected chi connectivity index (χ3v) is 6.28. The van der Waals surface area contributed by atoms with Gasteiger partial charge in [-0.15, -0.1) is 0 Å². The number of nitrogens with zero attached hydrogens (tertiary/aromatic N) is 5. The maximum atomic E-state index is 4.84. The third-order valence-electron chi connectivity index (χ3n) is 5.21. The van der Waals surface area contributed by atoms with Crippen molar-refractivity contribution in [1.82, 2.24) is 19.7 Å². The molecule has 2 fully saturated rings. The van der Waals surface area contributed by atoms with Crippen molar-refractivity contribution in [2.45, 2.75) is 18.9 Å². The van der Waals surface area contributed by atoms with Gasteiger partial charge in [0.05, 0.1) is 16.4 Å². The second-order valence-electron chi connectivity index (χ2n) is 6.88. The Balaban J connectivity index is 1.36. The van der Waals surface area contributed by atoms with Gasteiger partial charge in [-0.1, -0.05) is 17.4 Å². The van der Waals surface area contributed by atoms with Crippen LogP contribution in [-0.2, 0) is 7.05 Å². The van der Waals surface area contributed by atoms with Gasteiger partial charge in [0.2, 0.25) is 0 Å². The minimum atomic E-state index is 0.741. The molecule has 2 saturated heterocycles. The van der Waals surface area contributed by atoms with Gasteiger partial charge in [0, 0.05) is 37.9 Å². The van der Waals surface area contributed by atoms with Crippen molar-refractivity contribution in [2.75, 3.05) is 31.1 Å². The fraction of sp³-hybridized carbons (Fsp3) is 0.444. The molecule has 0 unspecified atom stereocenters. The third kappa shape index (κ3) is 2.41. The summed E-state index contributed by atoms with van der Waals surface area (Å²) in [5, 5.41) is 5.44. The van der Waals surface area contributed by atoms with Crippen LogP contribution in [-0.4, -0.2) is 51.9 Å². The van der Waals surface area contributed by atoms with Gasteiger partial charge >= 0.3 is 0 Å². The number of aromatic nitrogens is 3. The molecular weight excluding hydrogens is 318 g/mol. The van der Waals surface area contributed by atoms with E-state index < -0.39 is 0 Å². The first-order valence-corrected chi connectivity index (χ1v) is 9.46. The molecule has 0 saturated carbocycles. The molecule has 4 heterocycles. The highest BCUT2D eigenvalue weighted by Gasteiger charge is 2.34. The van der Waals surface area contributed by atoms with Crippen LogP contribution in [0.1, 0.15) is 12.8 Å². The zero-order chi connectivity index (χ0) is 16.1. The van der Waals surface area contributed by atoms with E-state index in [-0.39, 0.29) is 0 Å². The minimum absolute atomic E-state index is 0.741. The number of aryl methyl sites for hydroxylation is 1. The van der Waals surface area contributed by atoms with Crippen LogP contribution >= 0.6 is 11.3 Å². The fourth-order valence-electron chi connectivity index (χ4n) is 3.75. The van der Waals surface area contributed by atoms with Crippen molar-refractivity contribution in [3.05, 3.63) is 30.6 Å². The van der Waals surface area contributed by atoms with Crippen molar-refractivity contribution in [3.63, 3.8) is 0 Å². The number of likely N-dealkylation sites (tertiary alicyclic amines) is 1. The SMILES string of the molecule is Cn1cc(-c2ccc3nc(N4CC(N5CCCC5)C4)sc3c2)cn1. The summed E-state index contributed by atoms with van der Waals surface area (Å²) in [4.78, 5) is 9.91. The van der Waals surface area contributed by atoms with Crippen LogP contribution in [0.4, 0.5) is 5.13 Å². The Morgan fingerprint density at radius 3 is 2.71 bits per heavy atom. The summed E-state index contributed by atoms with van der Waals surface area (Å²) in [5.41, 5.74) is 3.48. The summed E-state index contributed by atoms with van der Waals surface area (Å²) < 4.78 is 3.10. The summed E-state index contributed by atoms with van der Waals surface area (Å²) in [7, 11) is 1.95. The van der Waals surface area contributed by atoms with Crippen molar-refractivity contribution < 1.29 is 0 Å². The van der Waals surface area contributed by atoms with E-state index in [1.54, 1.807) is 0 Å². The van der Waals surface area contributed by atoms with E-state index in [0.717, 1.165) is 30.2 Å². The predicted octanol–water partition coefficient (Wildman–Crippen LogP) is 2.98. The van der Waals surface area contributed by atoms with Gasteiger partial charge in [0.25, 0.3) is 0 Å². The van der Waals surface area contributed by atoms with Gasteiger partial charge in [0.1, 0.15) is 0 Å². The molecule has 1 aromatic carbocycles. The Hall–Kier alpha value is -1.92. The van der Waals surface area contributed by atoms with Crippen LogP contribution in [0.25, 0.3) is 21.3 Å². The quantitative estimate of drug-likeness (QED) is 0.735. The average Bonchev–Trinajstić information content (AvgIpc) is 3.25. The highest BCUT2D eigenvalue weighted by Crippen LogP contribution is 2.35. The van der Waals surface area contributed by atoms with Crippen molar-refractivity contribution in [1.29, 1.82) is 0 Å². The zero-order valence-corrected chi connectivity index (χ0v) is 14.7. The highest BCUT2D eigenvalue weighted by molar-refractivity contribution is 7.22. The molecule has 2 aliphatic rings. The lowest BCUT2D eigenvalue weighted by molar-refractivity contribution is 0.205. The molecule has 5 nitrogen and oxygen atoms in total. The molecule has 0 atom stereocenters. The van der Waals surface area contributed by atoms with E-state index in [2.05, 4.69) is 39.3 Å². The van der Waals surface area contributed by atoms with E-state index in [1.165, 1.54) is 41.3 Å². The topological polar surface area (TPSA) is 37.2 Å². The van der Waals surface area contributed by atoms with E-state index >= 15 is 0 Å². The number of hydrogen-bond donors (Lipinski definition) is 0. The van der Waals surface area contributed by atoms with Gasteiger partial charge in [-0.25, -0.2) is 4.98 Å². The highest BCUT2D eigenvalue weighted by atomic mass is 32.1. The first-order chi connectivity index (χ1) is 11.8. The Labute approximate surface area is 145 Å². The molecule has 2 aromatic heterocycles. The largest absolute Gasteiger partial charge is 0.345 e. The number of rotatable bonds is 3. The van der Waals surface area contributed by atoms with Crippen LogP contribution in [0.5, 0.6) is 0 Å². The van der Waals surface area contributed by atoms with E-state index in [4.69, 9.17) is 4.98 Å². The molecule has 0 aliphatic carbocycles. The average molecular weight is 339 g/mol. The normalized spacial score (nSPS) is 19.3. The first-order valence-electron chi connectivity index (χ1n) is 8.65. The molecule has 0 spiro atoms. The van der Waals surface area contributed by atoms with Crippen LogP contribution in [0.3, 0.4) is 0 Å². The number of fused-ring (bicyclic) bond motifs is 1. The summed E-state index contributed by atoms with van der Waals surface area (Å²) in [6.07, 6.45) is 6.71. The molecular formula is C18H21N5S. The predicted molar refractivity (Wildman–Crippen MR) is 98.6 cm³/mol.